The Kier molecular flexibility index (Phi) is 6.22. The van der Waals surface area contributed by atoms with Crippen LogP contribution in [-0.2, 0) is 0 Å². The Hall–Kier alpha value is -0.860. The van der Waals surface area contributed by atoms with Gasteiger partial charge in [0, 0.05) is 17.0 Å². The lowest BCUT2D eigenvalue weighted by Gasteiger charge is -2.30. The maximum Gasteiger partial charge on any atom is 0.162 e. The van der Waals surface area contributed by atoms with E-state index in [0.29, 0.717) is 29.5 Å². The molecule has 1 unspecified atom stereocenters. The SMILES string of the molecule is Cc1ccc(C(=O)CCC(CCN)C(C)(C)C)cc1Cl. The van der Waals surface area contributed by atoms with Crippen LogP contribution in [0.4, 0.5) is 0 Å². The average molecular weight is 296 g/mol. The quantitative estimate of drug-likeness (QED) is 0.778. The normalized spacial score (nSPS) is 13.3. The molecule has 1 atom stereocenters. The predicted molar refractivity (Wildman–Crippen MR) is 86.4 cm³/mol. The van der Waals surface area contributed by atoms with Crippen molar-refractivity contribution in [2.24, 2.45) is 17.1 Å². The summed E-state index contributed by atoms with van der Waals surface area (Å²) in [4.78, 5) is 12.3. The van der Waals surface area contributed by atoms with E-state index in [1.165, 1.54) is 0 Å². The number of ketones is 1. The number of benzene rings is 1. The van der Waals surface area contributed by atoms with Crippen LogP contribution in [-0.4, -0.2) is 12.3 Å². The van der Waals surface area contributed by atoms with E-state index >= 15 is 0 Å². The number of hydrogen-bond acceptors (Lipinski definition) is 2. The molecule has 1 rings (SSSR count). The van der Waals surface area contributed by atoms with E-state index in [4.69, 9.17) is 17.3 Å². The van der Waals surface area contributed by atoms with Crippen molar-refractivity contribution in [1.29, 1.82) is 0 Å². The van der Waals surface area contributed by atoms with Gasteiger partial charge in [-0.05, 0) is 49.3 Å². The Bertz CT molecular complexity index is 463. The summed E-state index contributed by atoms with van der Waals surface area (Å²) in [6.45, 7) is 9.24. The number of aryl methyl sites for hydroxylation is 1. The zero-order valence-electron chi connectivity index (χ0n) is 13.0. The van der Waals surface area contributed by atoms with Crippen LogP contribution in [0.15, 0.2) is 18.2 Å². The molecule has 0 saturated carbocycles. The second-order valence-electron chi connectivity index (χ2n) is 6.57. The van der Waals surface area contributed by atoms with E-state index < -0.39 is 0 Å². The zero-order valence-corrected chi connectivity index (χ0v) is 13.8. The summed E-state index contributed by atoms with van der Waals surface area (Å²) in [5, 5.41) is 0.658. The molecule has 0 heterocycles. The van der Waals surface area contributed by atoms with E-state index in [1.807, 2.05) is 19.1 Å². The van der Waals surface area contributed by atoms with Crippen molar-refractivity contribution in [2.45, 2.75) is 47.0 Å². The van der Waals surface area contributed by atoms with E-state index in [2.05, 4.69) is 20.8 Å². The maximum absolute atomic E-state index is 12.3. The highest BCUT2D eigenvalue weighted by molar-refractivity contribution is 6.31. The third kappa shape index (κ3) is 4.92. The maximum atomic E-state index is 12.3. The fraction of sp³-hybridized carbons (Fsp3) is 0.588. The number of Topliss-reactive ketones (excluding diaryl/α,β-unsaturated/α-hetero) is 1. The fourth-order valence-corrected chi connectivity index (χ4v) is 2.61. The van der Waals surface area contributed by atoms with Gasteiger partial charge in [-0.2, -0.15) is 0 Å². The summed E-state index contributed by atoms with van der Waals surface area (Å²) in [6.07, 6.45) is 2.40. The Balaban J connectivity index is 2.68. The van der Waals surface area contributed by atoms with Crippen molar-refractivity contribution in [1.82, 2.24) is 0 Å². The van der Waals surface area contributed by atoms with Gasteiger partial charge in [0.1, 0.15) is 0 Å². The number of rotatable bonds is 6. The summed E-state index contributed by atoms with van der Waals surface area (Å²) in [7, 11) is 0. The molecular formula is C17H26ClNO. The van der Waals surface area contributed by atoms with Gasteiger partial charge in [-0.1, -0.05) is 44.5 Å². The van der Waals surface area contributed by atoms with Gasteiger partial charge in [0.25, 0.3) is 0 Å². The molecule has 0 amide bonds. The van der Waals surface area contributed by atoms with Crippen LogP contribution < -0.4 is 5.73 Å². The first-order valence-electron chi connectivity index (χ1n) is 7.25. The van der Waals surface area contributed by atoms with Crippen LogP contribution >= 0.6 is 11.6 Å². The van der Waals surface area contributed by atoms with Crippen LogP contribution in [0.25, 0.3) is 0 Å². The molecule has 0 aliphatic rings. The molecule has 20 heavy (non-hydrogen) atoms. The van der Waals surface area contributed by atoms with Gasteiger partial charge in [-0.3, -0.25) is 4.79 Å². The second-order valence-corrected chi connectivity index (χ2v) is 6.97. The minimum absolute atomic E-state index is 0.165. The summed E-state index contributed by atoms with van der Waals surface area (Å²) >= 11 is 6.07. The van der Waals surface area contributed by atoms with Gasteiger partial charge in [-0.25, -0.2) is 0 Å². The third-order valence-electron chi connectivity index (χ3n) is 3.95. The van der Waals surface area contributed by atoms with Crippen molar-refractivity contribution < 1.29 is 4.79 Å². The Morgan fingerprint density at radius 2 is 1.95 bits per heavy atom. The standard InChI is InChI=1S/C17H26ClNO/c1-12-5-6-13(11-15(12)18)16(20)8-7-14(9-10-19)17(2,3)4/h5-6,11,14H,7-10,19H2,1-4H3. The van der Waals surface area contributed by atoms with Crippen LogP contribution in [0.1, 0.15) is 56.0 Å². The lowest BCUT2D eigenvalue weighted by atomic mass is 9.76. The van der Waals surface area contributed by atoms with Gasteiger partial charge in [0.05, 0.1) is 0 Å². The smallest absolute Gasteiger partial charge is 0.162 e. The van der Waals surface area contributed by atoms with Gasteiger partial charge in [0.2, 0.25) is 0 Å². The molecule has 0 saturated heterocycles. The predicted octanol–water partition coefficient (Wildman–Crippen LogP) is 4.62. The highest BCUT2D eigenvalue weighted by atomic mass is 35.5. The summed E-state index contributed by atoms with van der Waals surface area (Å²) in [5.74, 6) is 0.635. The topological polar surface area (TPSA) is 43.1 Å². The van der Waals surface area contributed by atoms with Crippen molar-refractivity contribution in [3.63, 3.8) is 0 Å². The van der Waals surface area contributed by atoms with E-state index in [1.54, 1.807) is 6.07 Å². The van der Waals surface area contributed by atoms with Crippen molar-refractivity contribution >= 4 is 17.4 Å². The largest absolute Gasteiger partial charge is 0.330 e. The number of hydrogen-bond donors (Lipinski definition) is 1. The highest BCUT2D eigenvalue weighted by Crippen LogP contribution is 2.32. The first-order valence-corrected chi connectivity index (χ1v) is 7.63. The Labute approximate surface area is 127 Å². The average Bonchev–Trinajstić information content (AvgIpc) is 2.36. The Morgan fingerprint density at radius 1 is 1.30 bits per heavy atom. The zero-order chi connectivity index (χ0) is 15.3. The van der Waals surface area contributed by atoms with Crippen LogP contribution in [0, 0.1) is 18.3 Å². The van der Waals surface area contributed by atoms with Crippen molar-refractivity contribution in [2.75, 3.05) is 6.54 Å². The molecular weight excluding hydrogens is 270 g/mol. The van der Waals surface area contributed by atoms with Crippen molar-refractivity contribution in [3.8, 4) is 0 Å². The number of nitrogens with two attached hydrogens (primary N) is 1. The van der Waals surface area contributed by atoms with E-state index in [-0.39, 0.29) is 11.2 Å². The molecule has 2 N–H and O–H groups in total. The highest BCUT2D eigenvalue weighted by Gasteiger charge is 2.24. The molecule has 0 aliphatic heterocycles. The molecule has 0 aromatic heterocycles. The molecule has 0 fully saturated rings. The minimum Gasteiger partial charge on any atom is -0.330 e. The number of carbonyl (C=O) groups excluding carboxylic acids is 1. The van der Waals surface area contributed by atoms with E-state index in [0.717, 1.165) is 18.4 Å². The molecule has 112 valence electrons. The number of carbonyl (C=O) groups is 1. The summed E-state index contributed by atoms with van der Waals surface area (Å²) in [6, 6.07) is 5.53. The molecule has 0 aliphatic carbocycles. The van der Waals surface area contributed by atoms with Gasteiger partial charge in [-0.15, -0.1) is 0 Å². The lowest BCUT2D eigenvalue weighted by Crippen LogP contribution is -2.24. The molecule has 0 radical (unpaired) electrons. The first kappa shape index (κ1) is 17.2. The molecule has 0 spiro atoms. The van der Waals surface area contributed by atoms with Gasteiger partial charge in [0.15, 0.2) is 5.78 Å². The van der Waals surface area contributed by atoms with Crippen LogP contribution in [0.3, 0.4) is 0 Å². The molecule has 1 aromatic carbocycles. The van der Waals surface area contributed by atoms with Gasteiger partial charge >= 0.3 is 0 Å². The molecule has 2 nitrogen and oxygen atoms in total. The van der Waals surface area contributed by atoms with Crippen molar-refractivity contribution in [3.05, 3.63) is 34.3 Å². The summed E-state index contributed by atoms with van der Waals surface area (Å²) in [5.41, 5.74) is 7.57. The van der Waals surface area contributed by atoms with Gasteiger partial charge < -0.3 is 5.73 Å². The second kappa shape index (κ2) is 7.24. The van der Waals surface area contributed by atoms with Crippen LogP contribution in [0.2, 0.25) is 5.02 Å². The fourth-order valence-electron chi connectivity index (χ4n) is 2.43. The monoisotopic (exact) mass is 295 g/mol. The molecule has 3 heteroatoms. The Morgan fingerprint density at radius 3 is 2.45 bits per heavy atom. The molecule has 1 aromatic rings. The summed E-state index contributed by atoms with van der Waals surface area (Å²) < 4.78 is 0. The van der Waals surface area contributed by atoms with Crippen LogP contribution in [0.5, 0.6) is 0 Å². The first-order chi connectivity index (χ1) is 9.25. The number of halogens is 1. The lowest BCUT2D eigenvalue weighted by molar-refractivity contribution is 0.0957. The van der Waals surface area contributed by atoms with E-state index in [9.17, 15) is 4.79 Å². The third-order valence-corrected chi connectivity index (χ3v) is 4.36. The molecule has 0 bridgehead atoms. The minimum atomic E-state index is 0.165.